The van der Waals surface area contributed by atoms with E-state index in [0.29, 0.717) is 28.5 Å². The van der Waals surface area contributed by atoms with Crippen LogP contribution in [0.2, 0.25) is 0 Å². The van der Waals surface area contributed by atoms with E-state index >= 15 is 0 Å². The van der Waals surface area contributed by atoms with Crippen LogP contribution in [0, 0.1) is 13.8 Å². The van der Waals surface area contributed by atoms with Crippen molar-refractivity contribution in [2.75, 3.05) is 13.7 Å². The number of H-pyrrole nitrogens is 3. The highest BCUT2D eigenvalue weighted by Crippen LogP contribution is 2.38. The average Bonchev–Trinajstić information content (AvgIpc) is 3.98. The first-order valence-corrected chi connectivity index (χ1v) is 18.6. The van der Waals surface area contributed by atoms with Gasteiger partial charge >= 0.3 is 11.9 Å². The van der Waals surface area contributed by atoms with Gasteiger partial charge in [-0.15, -0.1) is 0 Å². The first-order valence-electron chi connectivity index (χ1n) is 18.6. The minimum absolute atomic E-state index is 0.0346. The van der Waals surface area contributed by atoms with Crippen LogP contribution in [0.25, 0.3) is 56.5 Å². The molecule has 4 aromatic rings. The number of nitrogens with one attached hydrogen (secondary N) is 5. The van der Waals surface area contributed by atoms with Gasteiger partial charge in [-0.2, -0.15) is 0 Å². The molecule has 6 heterocycles. The van der Waals surface area contributed by atoms with Gasteiger partial charge in [-0.05, 0) is 98.2 Å². The lowest BCUT2D eigenvalue weighted by atomic mass is 9.98. The molecule has 6 N–H and O–H groups in total. The van der Waals surface area contributed by atoms with Crippen LogP contribution < -0.4 is 10.6 Å². The fourth-order valence-electron chi connectivity index (χ4n) is 7.24. The third-order valence-electron chi connectivity index (χ3n) is 10.5. The summed E-state index contributed by atoms with van der Waals surface area (Å²) in [4.78, 5) is 74.1. The van der Waals surface area contributed by atoms with Gasteiger partial charge in [-0.1, -0.05) is 25.3 Å². The molecule has 0 aliphatic carbocycles. The molecule has 57 heavy (non-hydrogen) atoms. The third kappa shape index (κ3) is 8.54. The molecule has 2 amide bonds. The van der Waals surface area contributed by atoms with Gasteiger partial charge in [0.05, 0.1) is 42.8 Å². The van der Waals surface area contributed by atoms with Crippen LogP contribution in [-0.2, 0) is 30.3 Å². The highest BCUT2D eigenvalue weighted by atomic mass is 16.5. The maximum absolute atomic E-state index is 13.2. The van der Waals surface area contributed by atoms with Crippen molar-refractivity contribution >= 4 is 80.3 Å². The monoisotopic (exact) mass is 770 g/mol. The lowest BCUT2D eigenvalue weighted by Crippen LogP contribution is -2.47. The normalized spacial score (nSPS) is 13.0. The van der Waals surface area contributed by atoms with E-state index in [0.717, 1.165) is 66.6 Å². The Morgan fingerprint density at radius 2 is 1.35 bits per heavy atom. The topological polar surface area (TPSA) is 208 Å². The minimum Gasteiger partial charge on any atom is -0.481 e. The van der Waals surface area contributed by atoms with Crippen LogP contribution in [0.4, 0.5) is 0 Å². The van der Waals surface area contributed by atoms with Crippen molar-refractivity contribution in [1.82, 2.24) is 40.5 Å². The van der Waals surface area contributed by atoms with E-state index in [-0.39, 0.29) is 44.6 Å². The number of hydrogen-bond donors (Lipinski definition) is 6. The zero-order valence-electron chi connectivity index (χ0n) is 32.7. The second kappa shape index (κ2) is 16.9. The third-order valence-corrected chi connectivity index (χ3v) is 10.5. The van der Waals surface area contributed by atoms with Crippen LogP contribution in [0.5, 0.6) is 0 Å². The number of carbonyl (C=O) groups excluding carboxylic acids is 3. The first kappa shape index (κ1) is 39.9. The SMILES string of the molecule is C=Cc1c(C)c2cc3[nH]c(cc4nc(cc5nc(cc1[nH]2)C(C)=C5CCC(=O)O)C(CCC(=O)NCC(=O)N[C@@H](Cc1cnc[nH]1)C(=O)OC)=C4C)c(C)c3C=C. The van der Waals surface area contributed by atoms with Crippen LogP contribution >= 0.6 is 0 Å². The molecule has 14 nitrogen and oxygen atoms in total. The van der Waals surface area contributed by atoms with Crippen molar-refractivity contribution in [3.8, 4) is 0 Å². The van der Waals surface area contributed by atoms with Crippen molar-refractivity contribution < 1.29 is 29.0 Å². The van der Waals surface area contributed by atoms with E-state index < -0.39 is 23.9 Å². The maximum atomic E-state index is 13.2. The second-order valence-corrected chi connectivity index (χ2v) is 14.0. The molecule has 2 aliphatic rings. The fraction of sp³-hybridized carbons (Fsp3) is 0.279. The summed E-state index contributed by atoms with van der Waals surface area (Å²) in [6.07, 6.45) is 7.29. The summed E-state index contributed by atoms with van der Waals surface area (Å²) in [5.41, 5.74) is 13.8. The summed E-state index contributed by atoms with van der Waals surface area (Å²) in [5, 5.41) is 14.9. The number of methoxy groups -OCH3 is 1. The molecule has 8 bridgehead atoms. The highest BCUT2D eigenvalue weighted by Gasteiger charge is 2.25. The highest BCUT2D eigenvalue weighted by molar-refractivity contribution is 5.97. The van der Waals surface area contributed by atoms with Crippen LogP contribution in [-0.4, -0.2) is 78.5 Å². The van der Waals surface area contributed by atoms with Crippen LogP contribution in [0.1, 0.15) is 90.3 Å². The van der Waals surface area contributed by atoms with Crippen LogP contribution in [0.3, 0.4) is 0 Å². The Bertz CT molecular complexity index is 2540. The predicted molar refractivity (Wildman–Crippen MR) is 221 cm³/mol. The molecule has 2 aliphatic heterocycles. The number of esters is 1. The smallest absolute Gasteiger partial charge is 0.328 e. The molecule has 6 rings (SSSR count). The maximum Gasteiger partial charge on any atom is 0.328 e. The first-order chi connectivity index (χ1) is 27.3. The van der Waals surface area contributed by atoms with Crippen molar-refractivity contribution in [2.45, 2.75) is 65.8 Å². The van der Waals surface area contributed by atoms with E-state index in [2.05, 4.69) is 43.7 Å². The van der Waals surface area contributed by atoms with Gasteiger partial charge in [0, 0.05) is 64.3 Å². The Labute approximate surface area is 329 Å². The number of ether oxygens (including phenoxy) is 1. The molecule has 0 fully saturated rings. The van der Waals surface area contributed by atoms with Gasteiger partial charge in [0.2, 0.25) is 11.8 Å². The number of hydrogen-bond acceptors (Lipinski definition) is 8. The van der Waals surface area contributed by atoms with Crippen molar-refractivity contribution in [3.63, 3.8) is 0 Å². The Kier molecular flexibility index (Phi) is 11.8. The molecule has 0 saturated carbocycles. The van der Waals surface area contributed by atoms with Gasteiger partial charge in [-0.25, -0.2) is 19.7 Å². The van der Waals surface area contributed by atoms with Crippen LogP contribution in [0.15, 0.2) is 49.9 Å². The van der Waals surface area contributed by atoms with Crippen molar-refractivity contribution in [2.24, 2.45) is 0 Å². The summed E-state index contributed by atoms with van der Waals surface area (Å²) >= 11 is 0. The zero-order valence-corrected chi connectivity index (χ0v) is 32.7. The van der Waals surface area contributed by atoms with Gasteiger partial charge in [0.15, 0.2) is 0 Å². The Morgan fingerprint density at radius 1 is 0.789 bits per heavy atom. The molecule has 0 unspecified atom stereocenters. The molecule has 4 aromatic heterocycles. The summed E-state index contributed by atoms with van der Waals surface area (Å²) in [7, 11) is 1.23. The van der Waals surface area contributed by atoms with E-state index in [9.17, 15) is 24.3 Å². The molecule has 0 radical (unpaired) electrons. The van der Waals surface area contributed by atoms with Crippen molar-refractivity contribution in [1.29, 1.82) is 0 Å². The lowest BCUT2D eigenvalue weighted by Gasteiger charge is -2.16. The number of imidazole rings is 1. The summed E-state index contributed by atoms with van der Waals surface area (Å²) < 4.78 is 4.85. The number of aromatic amines is 3. The summed E-state index contributed by atoms with van der Waals surface area (Å²) in [5.74, 6) is -2.48. The lowest BCUT2D eigenvalue weighted by molar-refractivity contribution is -0.145. The van der Waals surface area contributed by atoms with E-state index in [4.69, 9.17) is 14.7 Å². The van der Waals surface area contributed by atoms with Gasteiger partial charge < -0.3 is 35.4 Å². The molecule has 0 spiro atoms. The summed E-state index contributed by atoms with van der Waals surface area (Å²) in [6.45, 7) is 15.7. The quantitative estimate of drug-likeness (QED) is 0.0777. The van der Waals surface area contributed by atoms with E-state index in [1.54, 1.807) is 6.20 Å². The number of fused-ring (bicyclic) bond motifs is 8. The Morgan fingerprint density at radius 3 is 1.89 bits per heavy atom. The number of nitrogens with zero attached hydrogens (tertiary/aromatic N) is 3. The minimum atomic E-state index is -0.968. The second-order valence-electron chi connectivity index (χ2n) is 14.0. The predicted octanol–water partition coefficient (Wildman–Crippen LogP) is 6.46. The van der Waals surface area contributed by atoms with Gasteiger partial charge in [0.1, 0.15) is 6.04 Å². The molecule has 0 saturated heterocycles. The Balaban J connectivity index is 1.38. The molecular formula is C43H46N8O6. The summed E-state index contributed by atoms with van der Waals surface area (Å²) in [6, 6.07) is 6.87. The number of aliphatic carboxylic acids is 1. The van der Waals surface area contributed by atoms with Gasteiger partial charge in [0.25, 0.3) is 0 Å². The fourth-order valence-corrected chi connectivity index (χ4v) is 7.24. The largest absolute Gasteiger partial charge is 0.481 e. The molecular weight excluding hydrogens is 725 g/mol. The van der Waals surface area contributed by atoms with Crippen molar-refractivity contribution in [3.05, 3.63) is 101 Å². The average molecular weight is 771 g/mol. The number of carbonyl (C=O) groups is 4. The number of carboxylic acid groups (broad SMARTS) is 1. The number of allylic oxidation sites excluding steroid dienone is 4. The zero-order chi connectivity index (χ0) is 41.0. The number of aromatic nitrogens is 6. The van der Waals surface area contributed by atoms with Gasteiger partial charge in [-0.3, -0.25) is 14.4 Å². The number of aryl methyl sites for hydroxylation is 2. The van der Waals surface area contributed by atoms with E-state index in [1.807, 2.05) is 64.1 Å². The standard InChI is InChI=1S/C43H46N8O6/c1-8-27-22(3)31-15-32-24(5)29(10-12-40(52)45-20-41(53)51-39(43(56)57-7)14-26-19-44-21-46-26)37(49-32)18-38-30(11-13-42(54)55)25(6)34(50-38)17-36-28(9-2)23(4)33(48-36)16-35(27)47-31/h8-9,15-19,21,39,47-48H,1-2,10-14,20H2,3-7H3,(H,44,46)(H,45,52)(H,51,53)(H,54,55)/t39-/m0/s1. The molecule has 1 atom stereocenters. The molecule has 0 aromatic carbocycles. The Hall–Kier alpha value is -6.83. The number of rotatable bonds is 14. The molecule has 294 valence electrons. The molecule has 14 heteroatoms. The number of carboxylic acids is 1. The van der Waals surface area contributed by atoms with E-state index in [1.165, 1.54) is 13.4 Å². The number of amides is 2.